The first-order valence-electron chi connectivity index (χ1n) is 11.1. The number of nitrogens with zero attached hydrogens (tertiary/aromatic N) is 3. The summed E-state index contributed by atoms with van der Waals surface area (Å²) in [5.74, 6) is 0.423. The second-order valence-electron chi connectivity index (χ2n) is 9.06. The van der Waals surface area contributed by atoms with Gasteiger partial charge in [0.25, 0.3) is 5.91 Å². The van der Waals surface area contributed by atoms with Crippen molar-refractivity contribution in [3.63, 3.8) is 0 Å². The van der Waals surface area contributed by atoms with Crippen LogP contribution in [-0.4, -0.2) is 31.0 Å². The van der Waals surface area contributed by atoms with Gasteiger partial charge in [0, 0.05) is 36.5 Å². The molecule has 0 fully saturated rings. The van der Waals surface area contributed by atoms with Crippen LogP contribution in [0.5, 0.6) is 5.75 Å². The minimum absolute atomic E-state index is 0.247. The molecule has 34 heavy (non-hydrogen) atoms. The maximum atomic E-state index is 12.6. The Morgan fingerprint density at radius 2 is 1.97 bits per heavy atom. The lowest BCUT2D eigenvalue weighted by molar-refractivity contribution is -0.125. The Hall–Kier alpha value is -3.96. The van der Waals surface area contributed by atoms with Gasteiger partial charge in [-0.25, -0.2) is 0 Å². The molecule has 8 heteroatoms. The molecule has 0 spiro atoms. The number of benzene rings is 2. The molecular formula is C26H26N4O3Si. The Labute approximate surface area is 200 Å². The van der Waals surface area contributed by atoms with Gasteiger partial charge in [0.05, 0.1) is 11.3 Å². The molecule has 1 atom stereocenters. The van der Waals surface area contributed by atoms with E-state index in [2.05, 4.69) is 41.2 Å². The zero-order chi connectivity index (χ0) is 24.1. The number of hydrogen-bond donors (Lipinski definition) is 1. The van der Waals surface area contributed by atoms with Crippen molar-refractivity contribution in [2.45, 2.75) is 38.6 Å². The van der Waals surface area contributed by atoms with Crippen LogP contribution in [0.2, 0.25) is 19.6 Å². The molecular weight excluding hydrogens is 444 g/mol. The van der Waals surface area contributed by atoms with Crippen LogP contribution < -0.4 is 9.74 Å². The molecule has 0 saturated carbocycles. The van der Waals surface area contributed by atoms with Gasteiger partial charge in [0.15, 0.2) is 0 Å². The van der Waals surface area contributed by atoms with Crippen molar-refractivity contribution in [3.05, 3.63) is 89.2 Å². The van der Waals surface area contributed by atoms with Crippen molar-refractivity contribution in [2.24, 2.45) is 5.16 Å². The number of oxime groups is 1. The summed E-state index contributed by atoms with van der Waals surface area (Å²) in [5, 5.41) is 16.5. The van der Waals surface area contributed by atoms with E-state index in [4.69, 9.17) is 9.26 Å². The number of amides is 1. The molecule has 3 aromatic rings. The number of hydrogen-bond acceptors (Lipinski definition) is 6. The van der Waals surface area contributed by atoms with Gasteiger partial charge in [0.2, 0.25) is 14.4 Å². The highest BCUT2D eigenvalue weighted by Gasteiger charge is 2.29. The Kier molecular flexibility index (Phi) is 6.75. The van der Waals surface area contributed by atoms with Gasteiger partial charge in [-0.2, -0.15) is 5.26 Å². The third kappa shape index (κ3) is 5.69. The zero-order valence-corrected chi connectivity index (χ0v) is 20.4. The number of para-hydroxylation sites is 1. The summed E-state index contributed by atoms with van der Waals surface area (Å²) in [5.41, 5.74) is 4.80. The molecule has 0 aliphatic carbocycles. The summed E-state index contributed by atoms with van der Waals surface area (Å²) in [6, 6.07) is 19.2. The van der Waals surface area contributed by atoms with Gasteiger partial charge in [-0.3, -0.25) is 9.78 Å². The molecule has 172 valence electrons. The van der Waals surface area contributed by atoms with E-state index in [1.165, 1.54) is 0 Å². The fourth-order valence-corrected chi connectivity index (χ4v) is 4.46. The number of aromatic nitrogens is 1. The maximum absolute atomic E-state index is 12.6. The first-order chi connectivity index (χ1) is 16.3. The zero-order valence-electron chi connectivity index (χ0n) is 19.4. The number of nitriles is 1. The van der Waals surface area contributed by atoms with Gasteiger partial charge in [-0.15, -0.1) is 0 Å². The summed E-state index contributed by atoms with van der Waals surface area (Å²) in [6.07, 6.45) is 3.73. The molecule has 1 unspecified atom stereocenters. The average molecular weight is 471 g/mol. The molecule has 1 aliphatic heterocycles. The average Bonchev–Trinajstić information content (AvgIpc) is 3.32. The van der Waals surface area contributed by atoms with E-state index in [9.17, 15) is 10.1 Å². The van der Waals surface area contributed by atoms with Crippen LogP contribution in [0, 0.1) is 11.3 Å². The summed E-state index contributed by atoms with van der Waals surface area (Å²) in [7, 11) is -1.88. The molecule has 2 heterocycles. The van der Waals surface area contributed by atoms with E-state index in [0.29, 0.717) is 35.6 Å². The highest BCUT2D eigenvalue weighted by molar-refractivity contribution is 6.70. The second-order valence-corrected chi connectivity index (χ2v) is 13.5. The molecule has 2 aromatic carbocycles. The Morgan fingerprint density at radius 1 is 1.18 bits per heavy atom. The van der Waals surface area contributed by atoms with E-state index >= 15 is 0 Å². The fraction of sp³-hybridized carbons (Fsp3) is 0.231. The standard InChI is InChI=1S/C26H26N4O3Si/c1-34(2,3)33-25-19(6-4-7-20(25)16-27)14-18-9-11-22(12-10-18)29-26(31)24-15-23(30-32-24)21-8-5-13-28-17-21/h4-13,17,24H,14-15H2,1-3H3,(H,29,31). The molecule has 1 aromatic heterocycles. The minimum atomic E-state index is -1.88. The quantitative estimate of drug-likeness (QED) is 0.496. The second kappa shape index (κ2) is 9.89. The van der Waals surface area contributed by atoms with Crippen molar-refractivity contribution in [2.75, 3.05) is 5.32 Å². The minimum Gasteiger partial charge on any atom is -0.543 e. The SMILES string of the molecule is C[Si](C)(C)Oc1c(C#N)cccc1Cc1ccc(NC(=O)C2CC(c3cccnc3)=NO2)cc1. The smallest absolute Gasteiger partial charge is 0.268 e. The Bertz CT molecular complexity index is 1250. The van der Waals surface area contributed by atoms with Crippen LogP contribution in [0.1, 0.15) is 28.7 Å². The normalized spacial score (nSPS) is 15.1. The molecule has 1 N–H and O–H groups in total. The van der Waals surface area contributed by atoms with E-state index in [0.717, 1.165) is 16.7 Å². The molecule has 1 amide bonds. The van der Waals surface area contributed by atoms with Crippen LogP contribution >= 0.6 is 0 Å². The largest absolute Gasteiger partial charge is 0.543 e. The lowest BCUT2D eigenvalue weighted by Crippen LogP contribution is -2.30. The number of anilines is 1. The van der Waals surface area contributed by atoms with Gasteiger partial charge >= 0.3 is 0 Å². The highest BCUT2D eigenvalue weighted by atomic mass is 28.4. The van der Waals surface area contributed by atoms with Crippen LogP contribution in [-0.2, 0) is 16.1 Å². The van der Waals surface area contributed by atoms with Crippen LogP contribution in [0.15, 0.2) is 72.1 Å². The molecule has 7 nitrogen and oxygen atoms in total. The van der Waals surface area contributed by atoms with Crippen molar-refractivity contribution in [1.82, 2.24) is 4.98 Å². The number of carbonyl (C=O) groups excluding carboxylic acids is 1. The van der Waals surface area contributed by atoms with E-state index in [1.807, 2.05) is 48.5 Å². The third-order valence-corrected chi connectivity index (χ3v) is 6.01. The summed E-state index contributed by atoms with van der Waals surface area (Å²) in [6.45, 7) is 6.30. The number of carbonyl (C=O) groups is 1. The van der Waals surface area contributed by atoms with Gasteiger partial charge in [-0.1, -0.05) is 29.4 Å². The summed E-state index contributed by atoms with van der Waals surface area (Å²) in [4.78, 5) is 22.1. The van der Waals surface area contributed by atoms with Crippen LogP contribution in [0.4, 0.5) is 5.69 Å². The molecule has 1 aliphatic rings. The maximum Gasteiger partial charge on any atom is 0.268 e. The van der Waals surface area contributed by atoms with Crippen LogP contribution in [0.3, 0.4) is 0 Å². The molecule has 0 radical (unpaired) electrons. The predicted octanol–water partition coefficient (Wildman–Crippen LogP) is 4.89. The summed E-state index contributed by atoms with van der Waals surface area (Å²) < 4.78 is 6.23. The van der Waals surface area contributed by atoms with Crippen molar-refractivity contribution in [1.29, 1.82) is 5.26 Å². The van der Waals surface area contributed by atoms with E-state index in [-0.39, 0.29) is 5.91 Å². The molecule has 0 bridgehead atoms. The summed E-state index contributed by atoms with van der Waals surface area (Å²) >= 11 is 0. The molecule has 0 saturated heterocycles. The topological polar surface area (TPSA) is 96.6 Å². The number of rotatable bonds is 7. The van der Waals surface area contributed by atoms with Crippen LogP contribution in [0.25, 0.3) is 0 Å². The van der Waals surface area contributed by atoms with E-state index < -0.39 is 14.4 Å². The van der Waals surface area contributed by atoms with E-state index in [1.54, 1.807) is 18.5 Å². The van der Waals surface area contributed by atoms with Gasteiger partial charge in [0.1, 0.15) is 11.8 Å². The number of nitrogens with one attached hydrogen (secondary N) is 1. The van der Waals surface area contributed by atoms with Gasteiger partial charge < -0.3 is 14.6 Å². The third-order valence-electron chi connectivity index (χ3n) is 5.20. The van der Waals surface area contributed by atoms with Crippen molar-refractivity contribution in [3.8, 4) is 11.8 Å². The first kappa shape index (κ1) is 23.2. The van der Waals surface area contributed by atoms with Crippen molar-refractivity contribution >= 4 is 25.6 Å². The Morgan fingerprint density at radius 3 is 2.65 bits per heavy atom. The fourth-order valence-electron chi connectivity index (χ4n) is 3.61. The lowest BCUT2D eigenvalue weighted by atomic mass is 10.0. The van der Waals surface area contributed by atoms with Gasteiger partial charge in [-0.05, 0) is 61.1 Å². The predicted molar refractivity (Wildman–Crippen MR) is 133 cm³/mol. The number of pyridine rings is 1. The Balaban J connectivity index is 1.40. The molecule has 4 rings (SSSR count). The monoisotopic (exact) mass is 470 g/mol. The first-order valence-corrected chi connectivity index (χ1v) is 14.5. The highest BCUT2D eigenvalue weighted by Crippen LogP contribution is 2.29. The van der Waals surface area contributed by atoms with Crippen molar-refractivity contribution < 1.29 is 14.1 Å². The lowest BCUT2D eigenvalue weighted by Gasteiger charge is -2.22.